The molecule has 0 spiro atoms. The van der Waals surface area contributed by atoms with E-state index in [0.717, 1.165) is 23.1 Å². The van der Waals surface area contributed by atoms with E-state index in [9.17, 15) is 14.4 Å². The highest BCUT2D eigenvalue weighted by molar-refractivity contribution is 6.09. The number of carbonyl (C=O) groups is 3. The standard InChI is InChI=1S/C19H21N3O5/c1-19(15-9-12-5-2-3-7-14(12)27-15)17(24)22(18(25)21-19)11-16(23)20-10-13-6-4-8-26-13/h2-3,5,7,9,13H,4,6,8,10-11H2,1H3,(H,20,23)(H,21,25)/t13-,19+/m1/s1. The molecule has 4 amide bonds. The first kappa shape index (κ1) is 17.5. The number of rotatable bonds is 5. The summed E-state index contributed by atoms with van der Waals surface area (Å²) in [6, 6.07) is 8.47. The van der Waals surface area contributed by atoms with E-state index < -0.39 is 23.4 Å². The van der Waals surface area contributed by atoms with Gasteiger partial charge in [0.15, 0.2) is 5.54 Å². The molecule has 0 aliphatic carbocycles. The predicted octanol–water partition coefficient (Wildman–Crippen LogP) is 1.49. The van der Waals surface area contributed by atoms with Crippen molar-refractivity contribution < 1.29 is 23.5 Å². The van der Waals surface area contributed by atoms with Gasteiger partial charge in [-0.05, 0) is 31.9 Å². The summed E-state index contributed by atoms with van der Waals surface area (Å²) in [7, 11) is 0. The highest BCUT2D eigenvalue weighted by Crippen LogP contribution is 2.32. The monoisotopic (exact) mass is 371 g/mol. The molecule has 1 aromatic heterocycles. The van der Waals surface area contributed by atoms with E-state index in [2.05, 4.69) is 10.6 Å². The fraction of sp³-hybridized carbons (Fsp3) is 0.421. The zero-order valence-corrected chi connectivity index (χ0v) is 15.0. The fourth-order valence-electron chi connectivity index (χ4n) is 3.47. The molecule has 2 N–H and O–H groups in total. The number of benzene rings is 1. The first-order chi connectivity index (χ1) is 13.0. The van der Waals surface area contributed by atoms with Gasteiger partial charge in [0.05, 0.1) is 6.10 Å². The largest absolute Gasteiger partial charge is 0.458 e. The summed E-state index contributed by atoms with van der Waals surface area (Å²) >= 11 is 0. The Morgan fingerprint density at radius 2 is 2.19 bits per heavy atom. The van der Waals surface area contributed by atoms with E-state index in [-0.39, 0.29) is 12.6 Å². The molecule has 0 radical (unpaired) electrons. The van der Waals surface area contributed by atoms with Crippen LogP contribution in [0.2, 0.25) is 0 Å². The second kappa shape index (κ2) is 6.70. The number of imide groups is 1. The normalized spacial score (nSPS) is 25.2. The molecule has 0 saturated carbocycles. The maximum atomic E-state index is 12.9. The first-order valence-electron chi connectivity index (χ1n) is 8.99. The van der Waals surface area contributed by atoms with Crippen LogP contribution in [0.5, 0.6) is 0 Å². The summed E-state index contributed by atoms with van der Waals surface area (Å²) in [5.74, 6) is -0.578. The van der Waals surface area contributed by atoms with Crippen LogP contribution < -0.4 is 10.6 Å². The van der Waals surface area contributed by atoms with Crippen LogP contribution in [0.1, 0.15) is 25.5 Å². The van der Waals surface area contributed by atoms with Gasteiger partial charge in [0.2, 0.25) is 5.91 Å². The highest BCUT2D eigenvalue weighted by Gasteiger charge is 2.51. The Morgan fingerprint density at radius 1 is 1.37 bits per heavy atom. The van der Waals surface area contributed by atoms with Crippen molar-refractivity contribution >= 4 is 28.8 Å². The average Bonchev–Trinajstić information content (AvgIpc) is 3.36. The van der Waals surface area contributed by atoms with Crippen molar-refractivity contribution in [2.24, 2.45) is 0 Å². The van der Waals surface area contributed by atoms with E-state index in [1.165, 1.54) is 0 Å². The number of carbonyl (C=O) groups excluding carboxylic acids is 3. The Labute approximate surface area is 155 Å². The molecule has 4 rings (SSSR count). The number of para-hydroxylation sites is 1. The number of nitrogens with one attached hydrogen (secondary N) is 2. The summed E-state index contributed by atoms with van der Waals surface area (Å²) in [4.78, 5) is 38.3. The van der Waals surface area contributed by atoms with Crippen molar-refractivity contribution in [2.75, 3.05) is 19.7 Å². The second-order valence-electron chi connectivity index (χ2n) is 7.03. The van der Waals surface area contributed by atoms with Gasteiger partial charge in [0, 0.05) is 18.5 Å². The minimum Gasteiger partial charge on any atom is -0.458 e. The molecular formula is C19H21N3O5. The molecule has 2 saturated heterocycles. The maximum absolute atomic E-state index is 12.9. The third kappa shape index (κ3) is 3.16. The van der Waals surface area contributed by atoms with E-state index in [1.807, 2.05) is 18.2 Å². The second-order valence-corrected chi connectivity index (χ2v) is 7.03. The Morgan fingerprint density at radius 3 is 2.93 bits per heavy atom. The topological polar surface area (TPSA) is 101 Å². The van der Waals surface area contributed by atoms with Crippen LogP contribution in [0.15, 0.2) is 34.7 Å². The lowest BCUT2D eigenvalue weighted by Crippen LogP contribution is -2.44. The molecule has 3 heterocycles. The van der Waals surface area contributed by atoms with Crippen LogP contribution in [0, 0.1) is 0 Å². The molecule has 1 aromatic carbocycles. The van der Waals surface area contributed by atoms with Gasteiger partial charge in [0.25, 0.3) is 5.91 Å². The molecular weight excluding hydrogens is 350 g/mol. The minimum atomic E-state index is -1.34. The van der Waals surface area contributed by atoms with Crippen molar-refractivity contribution in [2.45, 2.75) is 31.4 Å². The Hall–Kier alpha value is -2.87. The molecule has 0 unspecified atom stereocenters. The zero-order chi connectivity index (χ0) is 19.0. The number of ether oxygens (including phenoxy) is 1. The van der Waals surface area contributed by atoms with Gasteiger partial charge in [-0.1, -0.05) is 18.2 Å². The van der Waals surface area contributed by atoms with Gasteiger partial charge in [-0.25, -0.2) is 4.79 Å². The summed E-state index contributed by atoms with van der Waals surface area (Å²) < 4.78 is 11.2. The third-order valence-corrected chi connectivity index (χ3v) is 5.05. The lowest BCUT2D eigenvalue weighted by Gasteiger charge is -2.19. The number of hydrogen-bond donors (Lipinski definition) is 2. The lowest BCUT2D eigenvalue weighted by molar-refractivity contribution is -0.135. The SMILES string of the molecule is C[C@@]1(c2cc3ccccc3o2)NC(=O)N(CC(=O)NC[C@H]2CCCO2)C1=O. The molecule has 0 bridgehead atoms. The van der Waals surface area contributed by atoms with E-state index in [1.54, 1.807) is 19.1 Å². The maximum Gasteiger partial charge on any atom is 0.325 e. The van der Waals surface area contributed by atoms with Crippen LogP contribution in [0.4, 0.5) is 4.79 Å². The first-order valence-corrected chi connectivity index (χ1v) is 8.99. The van der Waals surface area contributed by atoms with Crippen molar-refractivity contribution in [3.63, 3.8) is 0 Å². The number of nitrogens with zero attached hydrogens (tertiary/aromatic N) is 1. The van der Waals surface area contributed by atoms with Crippen LogP contribution in [0.3, 0.4) is 0 Å². The van der Waals surface area contributed by atoms with Gasteiger partial charge >= 0.3 is 6.03 Å². The fourth-order valence-corrected chi connectivity index (χ4v) is 3.47. The number of hydrogen-bond acceptors (Lipinski definition) is 5. The molecule has 2 fully saturated rings. The predicted molar refractivity (Wildman–Crippen MR) is 95.8 cm³/mol. The van der Waals surface area contributed by atoms with Crippen LogP contribution in [-0.2, 0) is 19.9 Å². The van der Waals surface area contributed by atoms with Gasteiger partial charge in [-0.15, -0.1) is 0 Å². The average molecular weight is 371 g/mol. The molecule has 2 atom stereocenters. The molecule has 27 heavy (non-hydrogen) atoms. The van der Waals surface area contributed by atoms with Crippen LogP contribution >= 0.6 is 0 Å². The molecule has 2 aliphatic heterocycles. The number of amides is 4. The minimum absolute atomic E-state index is 0.00197. The summed E-state index contributed by atoms with van der Waals surface area (Å²) in [6.07, 6.45) is 1.87. The smallest absolute Gasteiger partial charge is 0.325 e. The van der Waals surface area contributed by atoms with E-state index in [4.69, 9.17) is 9.15 Å². The van der Waals surface area contributed by atoms with Gasteiger partial charge in [0.1, 0.15) is 17.9 Å². The molecule has 142 valence electrons. The molecule has 2 aromatic rings. The summed E-state index contributed by atoms with van der Waals surface area (Å²) in [6.45, 7) is 2.31. The highest BCUT2D eigenvalue weighted by atomic mass is 16.5. The van der Waals surface area contributed by atoms with Gasteiger partial charge < -0.3 is 19.8 Å². The van der Waals surface area contributed by atoms with E-state index in [0.29, 0.717) is 24.5 Å². The van der Waals surface area contributed by atoms with Gasteiger partial charge in [-0.2, -0.15) is 0 Å². The third-order valence-electron chi connectivity index (χ3n) is 5.05. The van der Waals surface area contributed by atoms with Crippen LogP contribution in [-0.4, -0.2) is 48.5 Å². The van der Waals surface area contributed by atoms with Crippen molar-refractivity contribution in [1.82, 2.24) is 15.5 Å². The van der Waals surface area contributed by atoms with Gasteiger partial charge in [-0.3, -0.25) is 14.5 Å². The Balaban J connectivity index is 1.46. The molecule has 8 nitrogen and oxygen atoms in total. The van der Waals surface area contributed by atoms with E-state index >= 15 is 0 Å². The summed E-state index contributed by atoms with van der Waals surface area (Å²) in [5.41, 5.74) is -0.714. The number of fused-ring (bicyclic) bond motifs is 1. The van der Waals surface area contributed by atoms with Crippen LogP contribution in [0.25, 0.3) is 11.0 Å². The van der Waals surface area contributed by atoms with Crippen molar-refractivity contribution in [3.8, 4) is 0 Å². The molecule has 8 heteroatoms. The summed E-state index contributed by atoms with van der Waals surface area (Å²) in [5, 5.41) is 6.21. The zero-order valence-electron chi connectivity index (χ0n) is 15.0. The Kier molecular flexibility index (Phi) is 4.35. The lowest BCUT2D eigenvalue weighted by atomic mass is 9.99. The number of urea groups is 1. The quantitative estimate of drug-likeness (QED) is 0.776. The van der Waals surface area contributed by atoms with Crippen molar-refractivity contribution in [3.05, 3.63) is 36.1 Å². The Bertz CT molecular complexity index is 869. The molecule has 2 aliphatic rings. The van der Waals surface area contributed by atoms with Crippen molar-refractivity contribution in [1.29, 1.82) is 0 Å². The number of furan rings is 1.